The van der Waals surface area contributed by atoms with Crippen molar-refractivity contribution in [1.29, 1.82) is 0 Å². The lowest BCUT2D eigenvalue weighted by Gasteiger charge is -2.35. The van der Waals surface area contributed by atoms with Crippen molar-refractivity contribution < 1.29 is 5.11 Å². The average Bonchev–Trinajstić information content (AvgIpc) is 2.83. The van der Waals surface area contributed by atoms with Crippen LogP contribution in [0.25, 0.3) is 10.9 Å². The van der Waals surface area contributed by atoms with Crippen LogP contribution < -0.4 is 5.32 Å². The van der Waals surface area contributed by atoms with Gasteiger partial charge in [0.15, 0.2) is 0 Å². The minimum atomic E-state index is 0.159. The number of hydrogen-bond acceptors (Lipinski definition) is 2. The smallest absolute Gasteiger partial charge is 0.0654 e. The molecule has 3 heteroatoms. The Labute approximate surface area is 106 Å². The third kappa shape index (κ3) is 1.32. The molecule has 92 valence electrons. The molecule has 1 aliphatic carbocycles. The predicted octanol–water partition coefficient (Wildman–Crippen LogP) is 1.70. The molecule has 0 saturated heterocycles. The fourth-order valence-electron chi connectivity index (χ4n) is 3.39. The van der Waals surface area contributed by atoms with E-state index in [0.717, 1.165) is 18.5 Å². The highest BCUT2D eigenvalue weighted by molar-refractivity contribution is 5.88. The van der Waals surface area contributed by atoms with Gasteiger partial charge in [0, 0.05) is 35.6 Å². The van der Waals surface area contributed by atoms with E-state index in [9.17, 15) is 5.11 Å². The summed E-state index contributed by atoms with van der Waals surface area (Å²) < 4.78 is 0. The Hall–Kier alpha value is -1.58. The Bertz CT molecular complexity index is 641. The van der Waals surface area contributed by atoms with E-state index in [1.54, 1.807) is 0 Å². The molecular formula is C15H16N2O. The van der Waals surface area contributed by atoms with Gasteiger partial charge in [-0.25, -0.2) is 0 Å². The van der Waals surface area contributed by atoms with Gasteiger partial charge in [-0.15, -0.1) is 0 Å². The van der Waals surface area contributed by atoms with Crippen molar-refractivity contribution in [3.05, 3.63) is 47.2 Å². The summed E-state index contributed by atoms with van der Waals surface area (Å²) in [5.74, 6) is 0.396. The molecule has 0 unspecified atom stereocenters. The van der Waals surface area contributed by atoms with Crippen LogP contribution in [0.5, 0.6) is 0 Å². The number of nitrogens with one attached hydrogen (secondary N) is 2. The van der Waals surface area contributed by atoms with Gasteiger partial charge in [-0.2, -0.15) is 0 Å². The van der Waals surface area contributed by atoms with Crippen molar-refractivity contribution in [2.24, 2.45) is 0 Å². The summed E-state index contributed by atoms with van der Waals surface area (Å²) in [5, 5.41) is 14.3. The molecule has 0 bridgehead atoms. The van der Waals surface area contributed by atoms with E-state index in [2.05, 4.69) is 40.8 Å². The third-order valence-corrected chi connectivity index (χ3v) is 4.26. The van der Waals surface area contributed by atoms with Gasteiger partial charge in [-0.3, -0.25) is 0 Å². The summed E-state index contributed by atoms with van der Waals surface area (Å²) in [5.41, 5.74) is 5.13. The Morgan fingerprint density at radius 3 is 3.17 bits per heavy atom. The van der Waals surface area contributed by atoms with Crippen molar-refractivity contribution in [1.82, 2.24) is 10.3 Å². The Balaban J connectivity index is 1.94. The van der Waals surface area contributed by atoms with Crippen molar-refractivity contribution in [2.45, 2.75) is 18.4 Å². The van der Waals surface area contributed by atoms with E-state index in [4.69, 9.17) is 0 Å². The molecule has 1 aliphatic heterocycles. The van der Waals surface area contributed by atoms with E-state index in [-0.39, 0.29) is 6.61 Å². The first-order valence-electron chi connectivity index (χ1n) is 6.49. The predicted molar refractivity (Wildman–Crippen MR) is 71.7 cm³/mol. The summed E-state index contributed by atoms with van der Waals surface area (Å²) >= 11 is 0. The van der Waals surface area contributed by atoms with Crippen LogP contribution in [0.4, 0.5) is 0 Å². The molecule has 0 amide bonds. The topological polar surface area (TPSA) is 48.0 Å². The molecule has 2 heterocycles. The molecule has 3 nitrogen and oxygen atoms in total. The molecule has 0 saturated carbocycles. The molecule has 0 fully saturated rings. The third-order valence-electron chi connectivity index (χ3n) is 4.26. The summed E-state index contributed by atoms with van der Waals surface area (Å²) in [4.78, 5) is 3.36. The number of aromatic nitrogens is 1. The maximum absolute atomic E-state index is 9.32. The highest BCUT2D eigenvalue weighted by Crippen LogP contribution is 2.39. The van der Waals surface area contributed by atoms with E-state index in [1.807, 2.05) is 0 Å². The molecule has 2 atom stereocenters. The Morgan fingerprint density at radius 2 is 2.28 bits per heavy atom. The first-order valence-corrected chi connectivity index (χ1v) is 6.49. The normalized spacial score (nSPS) is 25.9. The summed E-state index contributed by atoms with van der Waals surface area (Å²) in [6.45, 7) is 0.972. The van der Waals surface area contributed by atoms with Crippen LogP contribution in [0, 0.1) is 0 Å². The van der Waals surface area contributed by atoms with Gasteiger partial charge in [0.05, 0.1) is 6.61 Å². The molecular weight excluding hydrogens is 224 g/mol. The maximum Gasteiger partial charge on any atom is 0.0654 e. The maximum atomic E-state index is 9.32. The SMILES string of the molecule is OCC1=C[C@@H]2c3cccc4[nH]cc(c34)C[C@H]2NC1. The lowest BCUT2D eigenvalue weighted by molar-refractivity contribution is 0.317. The Kier molecular flexibility index (Phi) is 2.13. The van der Waals surface area contributed by atoms with Crippen LogP contribution in [0.2, 0.25) is 0 Å². The van der Waals surface area contributed by atoms with Crippen LogP contribution in [0.3, 0.4) is 0 Å². The fraction of sp³-hybridized carbons (Fsp3) is 0.333. The summed E-state index contributed by atoms with van der Waals surface area (Å²) in [6.07, 6.45) is 5.46. The summed E-state index contributed by atoms with van der Waals surface area (Å²) in [6, 6.07) is 6.93. The van der Waals surface area contributed by atoms with Gasteiger partial charge in [0.2, 0.25) is 0 Å². The number of aromatic amines is 1. The van der Waals surface area contributed by atoms with Crippen LogP contribution in [-0.2, 0) is 6.42 Å². The minimum absolute atomic E-state index is 0.159. The fourth-order valence-corrected chi connectivity index (χ4v) is 3.39. The minimum Gasteiger partial charge on any atom is -0.392 e. The highest BCUT2D eigenvalue weighted by Gasteiger charge is 2.32. The zero-order chi connectivity index (χ0) is 12.1. The van der Waals surface area contributed by atoms with E-state index in [1.165, 1.54) is 22.0 Å². The lowest BCUT2D eigenvalue weighted by atomic mass is 9.77. The summed E-state index contributed by atoms with van der Waals surface area (Å²) in [7, 11) is 0. The van der Waals surface area contributed by atoms with Crippen LogP contribution >= 0.6 is 0 Å². The first-order chi connectivity index (χ1) is 8.86. The molecule has 2 aliphatic rings. The second-order valence-corrected chi connectivity index (χ2v) is 5.28. The van der Waals surface area contributed by atoms with Crippen LogP contribution in [0.1, 0.15) is 17.0 Å². The van der Waals surface area contributed by atoms with E-state index < -0.39 is 0 Å². The number of rotatable bonds is 1. The van der Waals surface area contributed by atoms with Crippen molar-refractivity contribution in [3.63, 3.8) is 0 Å². The second-order valence-electron chi connectivity index (χ2n) is 5.28. The quantitative estimate of drug-likeness (QED) is 0.664. The van der Waals surface area contributed by atoms with Gasteiger partial charge >= 0.3 is 0 Å². The zero-order valence-electron chi connectivity index (χ0n) is 10.1. The number of hydrogen-bond donors (Lipinski definition) is 3. The second kappa shape index (κ2) is 3.70. The molecule has 1 aromatic carbocycles. The number of aliphatic hydroxyl groups excluding tert-OH is 1. The molecule has 2 aromatic rings. The molecule has 1 aromatic heterocycles. The largest absolute Gasteiger partial charge is 0.392 e. The lowest BCUT2D eigenvalue weighted by Crippen LogP contribution is -2.42. The van der Waals surface area contributed by atoms with Crippen molar-refractivity contribution in [3.8, 4) is 0 Å². The first kappa shape index (κ1) is 10.4. The van der Waals surface area contributed by atoms with Gasteiger partial charge in [-0.05, 0) is 29.2 Å². The molecule has 3 N–H and O–H groups in total. The van der Waals surface area contributed by atoms with Gasteiger partial charge in [-0.1, -0.05) is 18.2 Å². The van der Waals surface area contributed by atoms with Gasteiger partial charge < -0.3 is 15.4 Å². The zero-order valence-corrected chi connectivity index (χ0v) is 10.1. The standard InChI is InChI=1S/C15H16N2O/c18-8-9-4-12-11-2-1-3-13-15(11)10(7-17-13)5-14(12)16-6-9/h1-4,7,12,14,16-18H,5-6,8H2/t12-,14-/m1/s1. The van der Waals surface area contributed by atoms with Crippen LogP contribution in [-0.4, -0.2) is 29.3 Å². The van der Waals surface area contributed by atoms with Crippen LogP contribution in [0.15, 0.2) is 36.0 Å². The number of aliphatic hydroxyl groups is 1. The van der Waals surface area contributed by atoms with E-state index >= 15 is 0 Å². The molecule has 0 spiro atoms. The highest BCUT2D eigenvalue weighted by atomic mass is 16.3. The number of fused-ring (bicyclic) bond motifs is 2. The molecule has 4 rings (SSSR count). The van der Waals surface area contributed by atoms with Gasteiger partial charge in [0.25, 0.3) is 0 Å². The van der Waals surface area contributed by atoms with Gasteiger partial charge in [0.1, 0.15) is 0 Å². The molecule has 18 heavy (non-hydrogen) atoms. The monoisotopic (exact) mass is 240 g/mol. The van der Waals surface area contributed by atoms with E-state index in [0.29, 0.717) is 12.0 Å². The number of H-pyrrole nitrogens is 1. The van der Waals surface area contributed by atoms with Crippen molar-refractivity contribution in [2.75, 3.05) is 13.2 Å². The number of benzene rings is 1. The average molecular weight is 240 g/mol. The molecule has 0 radical (unpaired) electrons. The Morgan fingerprint density at radius 1 is 1.33 bits per heavy atom. The van der Waals surface area contributed by atoms with Crippen molar-refractivity contribution >= 4 is 10.9 Å².